The Bertz CT molecular complexity index is 506. The molecule has 0 spiro atoms. The summed E-state index contributed by atoms with van der Waals surface area (Å²) in [4.78, 5) is 11.5. The van der Waals surface area contributed by atoms with Crippen molar-refractivity contribution in [3.05, 3.63) is 28.2 Å². The number of hydrogen-bond donors (Lipinski definition) is 1. The first-order chi connectivity index (χ1) is 10.0. The smallest absolute Gasteiger partial charge is 0.323 e. The number of rotatable bonds is 5. The zero-order valence-electron chi connectivity index (χ0n) is 12.7. The quantitative estimate of drug-likeness (QED) is 0.823. The van der Waals surface area contributed by atoms with Crippen molar-refractivity contribution < 1.29 is 14.3 Å². The van der Waals surface area contributed by atoms with Crippen LogP contribution in [0.2, 0.25) is 0 Å². The van der Waals surface area contributed by atoms with E-state index in [0.717, 1.165) is 16.6 Å². The number of ether oxygens (including phenoxy) is 2. The van der Waals surface area contributed by atoms with Gasteiger partial charge in [0.2, 0.25) is 0 Å². The zero-order chi connectivity index (χ0) is 15.4. The van der Waals surface area contributed by atoms with E-state index in [1.807, 2.05) is 6.07 Å². The van der Waals surface area contributed by atoms with Gasteiger partial charge in [-0.25, -0.2) is 0 Å². The van der Waals surface area contributed by atoms with Crippen molar-refractivity contribution >= 4 is 21.9 Å². The normalized spacial score (nSPS) is 22.9. The highest BCUT2D eigenvalue weighted by atomic mass is 79.9. The molecular weight excluding hydrogens is 334 g/mol. The monoisotopic (exact) mass is 355 g/mol. The van der Waals surface area contributed by atoms with Crippen LogP contribution in [0.4, 0.5) is 0 Å². The lowest BCUT2D eigenvalue weighted by molar-refractivity contribution is -0.142. The van der Waals surface area contributed by atoms with Crippen molar-refractivity contribution in [1.82, 2.24) is 5.32 Å². The molecule has 116 valence electrons. The molecule has 1 heterocycles. The number of benzene rings is 1. The Labute approximate surface area is 134 Å². The number of esters is 1. The van der Waals surface area contributed by atoms with Gasteiger partial charge in [0.25, 0.3) is 0 Å². The van der Waals surface area contributed by atoms with Crippen molar-refractivity contribution in [2.45, 2.75) is 44.8 Å². The minimum Gasteiger partial charge on any atom is -0.488 e. The lowest BCUT2D eigenvalue weighted by Crippen LogP contribution is -2.31. The molecular formula is C16H22BrNO3. The van der Waals surface area contributed by atoms with E-state index in [-0.39, 0.29) is 18.1 Å². The molecule has 1 fully saturated rings. The Morgan fingerprint density at radius 2 is 2.29 bits per heavy atom. The molecule has 1 aliphatic heterocycles. The SMILES string of the molecule is CC[C@H](C)c1ccc(O[C@@H]2CN[C@H](C(=O)OC)C2)c(Br)c1. The maximum Gasteiger partial charge on any atom is 0.323 e. The van der Waals surface area contributed by atoms with Gasteiger partial charge in [-0.2, -0.15) is 0 Å². The summed E-state index contributed by atoms with van der Waals surface area (Å²) in [5.41, 5.74) is 1.30. The summed E-state index contributed by atoms with van der Waals surface area (Å²) in [6.45, 7) is 5.05. The van der Waals surface area contributed by atoms with E-state index in [1.54, 1.807) is 0 Å². The molecule has 1 aromatic rings. The summed E-state index contributed by atoms with van der Waals surface area (Å²) in [7, 11) is 1.41. The minimum atomic E-state index is -0.266. The van der Waals surface area contributed by atoms with E-state index in [0.29, 0.717) is 18.9 Å². The summed E-state index contributed by atoms with van der Waals surface area (Å²) >= 11 is 3.57. The average molecular weight is 356 g/mol. The van der Waals surface area contributed by atoms with Crippen LogP contribution < -0.4 is 10.1 Å². The Balaban J connectivity index is 1.99. The average Bonchev–Trinajstić information content (AvgIpc) is 2.96. The topological polar surface area (TPSA) is 47.6 Å². The molecule has 5 heteroatoms. The van der Waals surface area contributed by atoms with Crippen molar-refractivity contribution in [3.63, 3.8) is 0 Å². The van der Waals surface area contributed by atoms with Gasteiger partial charge in [0.05, 0.1) is 11.6 Å². The second-order valence-electron chi connectivity index (χ2n) is 5.46. The number of methoxy groups -OCH3 is 1. The third kappa shape index (κ3) is 3.98. The van der Waals surface area contributed by atoms with E-state index in [4.69, 9.17) is 9.47 Å². The lowest BCUT2D eigenvalue weighted by atomic mass is 9.99. The molecule has 1 aliphatic rings. The third-order valence-electron chi connectivity index (χ3n) is 4.01. The van der Waals surface area contributed by atoms with Crippen LogP contribution in [-0.4, -0.2) is 31.8 Å². The Kier molecular flexibility index (Phi) is 5.65. The predicted octanol–water partition coefficient (Wildman–Crippen LogP) is 3.24. The lowest BCUT2D eigenvalue weighted by Gasteiger charge is -2.16. The van der Waals surface area contributed by atoms with Gasteiger partial charge in [0.1, 0.15) is 17.9 Å². The number of carbonyl (C=O) groups is 1. The molecule has 3 atom stereocenters. The van der Waals surface area contributed by atoms with Crippen molar-refractivity contribution in [1.29, 1.82) is 0 Å². The Morgan fingerprint density at radius 3 is 2.90 bits per heavy atom. The first-order valence-corrected chi connectivity index (χ1v) is 8.11. The van der Waals surface area contributed by atoms with Crippen molar-refractivity contribution in [2.75, 3.05) is 13.7 Å². The summed E-state index contributed by atoms with van der Waals surface area (Å²) in [6.07, 6.45) is 1.73. The fraction of sp³-hybridized carbons (Fsp3) is 0.562. The first kappa shape index (κ1) is 16.3. The van der Waals surface area contributed by atoms with Gasteiger partial charge in [0.15, 0.2) is 0 Å². The molecule has 1 aromatic carbocycles. The van der Waals surface area contributed by atoms with E-state index in [1.165, 1.54) is 12.7 Å². The van der Waals surface area contributed by atoms with E-state index >= 15 is 0 Å². The van der Waals surface area contributed by atoms with Crippen molar-refractivity contribution in [2.24, 2.45) is 0 Å². The molecule has 1 saturated heterocycles. The van der Waals surface area contributed by atoms with Crippen LogP contribution in [0.3, 0.4) is 0 Å². The van der Waals surface area contributed by atoms with Crippen LogP contribution in [0.15, 0.2) is 22.7 Å². The highest BCUT2D eigenvalue weighted by molar-refractivity contribution is 9.10. The fourth-order valence-corrected chi connectivity index (χ4v) is 2.94. The fourth-order valence-electron chi connectivity index (χ4n) is 2.45. The number of nitrogens with one attached hydrogen (secondary N) is 1. The second kappa shape index (κ2) is 7.27. The molecule has 0 saturated carbocycles. The van der Waals surface area contributed by atoms with Crippen LogP contribution in [0.25, 0.3) is 0 Å². The van der Waals surface area contributed by atoms with Gasteiger partial charge in [-0.05, 0) is 46.0 Å². The van der Waals surface area contributed by atoms with Crippen molar-refractivity contribution in [3.8, 4) is 5.75 Å². The molecule has 0 aliphatic carbocycles. The molecule has 21 heavy (non-hydrogen) atoms. The van der Waals surface area contributed by atoms with Crippen LogP contribution in [0.5, 0.6) is 5.75 Å². The maximum absolute atomic E-state index is 11.5. The van der Waals surface area contributed by atoms with Gasteiger partial charge in [0, 0.05) is 13.0 Å². The van der Waals surface area contributed by atoms with Crippen LogP contribution >= 0.6 is 15.9 Å². The Morgan fingerprint density at radius 1 is 1.52 bits per heavy atom. The summed E-state index contributed by atoms with van der Waals surface area (Å²) < 4.78 is 11.7. The van der Waals surface area contributed by atoms with E-state index in [2.05, 4.69) is 47.2 Å². The Hall–Kier alpha value is -1.07. The maximum atomic E-state index is 11.5. The minimum absolute atomic E-state index is 0.0140. The van der Waals surface area contributed by atoms with Gasteiger partial charge in [-0.3, -0.25) is 4.79 Å². The number of carbonyl (C=O) groups excluding carboxylic acids is 1. The van der Waals surface area contributed by atoms with E-state index in [9.17, 15) is 4.79 Å². The van der Waals surface area contributed by atoms with Gasteiger partial charge < -0.3 is 14.8 Å². The number of hydrogen-bond acceptors (Lipinski definition) is 4. The number of halogens is 1. The van der Waals surface area contributed by atoms with Gasteiger partial charge in [-0.15, -0.1) is 0 Å². The highest BCUT2D eigenvalue weighted by Gasteiger charge is 2.31. The highest BCUT2D eigenvalue weighted by Crippen LogP contribution is 2.31. The summed E-state index contributed by atoms with van der Waals surface area (Å²) in [5, 5.41) is 3.12. The van der Waals surface area contributed by atoms with Crippen LogP contribution in [0.1, 0.15) is 38.2 Å². The molecule has 1 N–H and O–H groups in total. The van der Waals surface area contributed by atoms with Crippen LogP contribution in [-0.2, 0) is 9.53 Å². The predicted molar refractivity (Wildman–Crippen MR) is 85.7 cm³/mol. The van der Waals surface area contributed by atoms with Crippen LogP contribution in [0, 0.1) is 0 Å². The largest absolute Gasteiger partial charge is 0.488 e. The second-order valence-corrected chi connectivity index (χ2v) is 6.31. The summed E-state index contributed by atoms with van der Waals surface area (Å²) in [6, 6.07) is 5.95. The summed E-state index contributed by atoms with van der Waals surface area (Å²) in [5.74, 6) is 1.12. The van der Waals surface area contributed by atoms with Gasteiger partial charge >= 0.3 is 5.97 Å². The van der Waals surface area contributed by atoms with E-state index < -0.39 is 0 Å². The molecule has 4 nitrogen and oxygen atoms in total. The molecule has 0 aromatic heterocycles. The third-order valence-corrected chi connectivity index (χ3v) is 4.63. The molecule has 0 amide bonds. The standard InChI is InChI=1S/C16H22BrNO3/c1-4-10(2)11-5-6-15(13(17)7-11)21-12-8-14(18-9-12)16(19)20-3/h5-7,10,12,14,18H,4,8-9H2,1-3H3/t10-,12-,14-/m0/s1. The first-order valence-electron chi connectivity index (χ1n) is 7.32. The molecule has 0 radical (unpaired) electrons. The molecule has 2 rings (SSSR count). The molecule has 0 unspecified atom stereocenters. The zero-order valence-corrected chi connectivity index (χ0v) is 14.3. The van der Waals surface area contributed by atoms with Gasteiger partial charge in [-0.1, -0.05) is 19.9 Å². The molecule has 0 bridgehead atoms.